The van der Waals surface area contributed by atoms with Crippen LogP contribution >= 0.6 is 0 Å². The number of nitrogens with one attached hydrogen (secondary N) is 1. The van der Waals surface area contributed by atoms with Crippen LogP contribution in [0.3, 0.4) is 0 Å². The number of nitrogens with zero attached hydrogens (tertiary/aromatic N) is 8. The van der Waals surface area contributed by atoms with Crippen LogP contribution in [0.15, 0.2) is 37.1 Å². The second-order valence-electron chi connectivity index (χ2n) is 7.40. The number of rotatable bonds is 6. The number of carbonyl (C=O) groups excluding carboxylic acids is 1. The molecule has 1 N–H and O–H groups in total. The summed E-state index contributed by atoms with van der Waals surface area (Å²) in [5.41, 5.74) is 2.40. The van der Waals surface area contributed by atoms with E-state index in [2.05, 4.69) is 41.8 Å². The summed E-state index contributed by atoms with van der Waals surface area (Å²) in [6, 6.07) is -0.525. The molecule has 1 aliphatic heterocycles. The number of aromatic nitrogens is 7. The number of anilines is 2. The number of ether oxygens (including phenoxy) is 1. The molecule has 3 aromatic heterocycles. The lowest BCUT2D eigenvalue weighted by atomic mass is 10.1. The molecule has 1 saturated heterocycles. The van der Waals surface area contributed by atoms with E-state index in [1.165, 1.54) is 4.90 Å². The third kappa shape index (κ3) is 4.20. The minimum absolute atomic E-state index is 0.211. The zero-order valence-electron chi connectivity index (χ0n) is 17.8. The summed E-state index contributed by atoms with van der Waals surface area (Å²) in [4.78, 5) is 39.8. The normalized spacial score (nSPS) is 16.8. The SMILES string of the molecule is C=C(C)[C@H]1COC(=O)N1c1nc(C)nc(N[C@@H](C)c2cn(-c3cnc(C)cn3)cn2)n1. The molecule has 11 nitrogen and oxygen atoms in total. The van der Waals surface area contributed by atoms with Crippen molar-refractivity contribution in [1.29, 1.82) is 0 Å². The monoisotopic (exact) mass is 421 g/mol. The van der Waals surface area contributed by atoms with Crippen molar-refractivity contribution in [2.24, 2.45) is 0 Å². The lowest BCUT2D eigenvalue weighted by molar-refractivity contribution is 0.179. The molecule has 0 aliphatic carbocycles. The summed E-state index contributed by atoms with van der Waals surface area (Å²) in [6.45, 7) is 11.5. The predicted molar refractivity (Wildman–Crippen MR) is 113 cm³/mol. The number of hydrogen-bond donors (Lipinski definition) is 1. The third-order valence-electron chi connectivity index (χ3n) is 4.82. The maximum Gasteiger partial charge on any atom is 0.417 e. The van der Waals surface area contributed by atoms with Gasteiger partial charge >= 0.3 is 6.09 Å². The average Bonchev–Trinajstić information content (AvgIpc) is 3.35. The first kappa shape index (κ1) is 20.4. The summed E-state index contributed by atoms with van der Waals surface area (Å²) in [5, 5.41) is 3.22. The Morgan fingerprint density at radius 2 is 2.03 bits per heavy atom. The number of cyclic esters (lactones) is 1. The van der Waals surface area contributed by atoms with Gasteiger partial charge in [0.1, 0.15) is 18.8 Å². The Balaban J connectivity index is 1.55. The highest BCUT2D eigenvalue weighted by Gasteiger charge is 2.37. The largest absolute Gasteiger partial charge is 0.447 e. The molecular formula is C20H23N9O2. The van der Waals surface area contributed by atoms with Crippen LogP contribution in [-0.2, 0) is 4.74 Å². The minimum atomic E-state index is -0.504. The Bertz CT molecular complexity index is 1130. The van der Waals surface area contributed by atoms with E-state index in [9.17, 15) is 4.79 Å². The predicted octanol–water partition coefficient (Wildman–Crippen LogP) is 2.54. The first-order chi connectivity index (χ1) is 14.8. The molecule has 0 saturated carbocycles. The van der Waals surface area contributed by atoms with Crippen molar-refractivity contribution in [3.05, 3.63) is 54.3 Å². The smallest absolute Gasteiger partial charge is 0.417 e. The topological polar surface area (TPSA) is 124 Å². The van der Waals surface area contributed by atoms with Gasteiger partial charge in [-0.1, -0.05) is 12.2 Å². The Kier molecular flexibility index (Phi) is 5.32. The Morgan fingerprint density at radius 3 is 2.74 bits per heavy atom. The highest BCUT2D eigenvalue weighted by atomic mass is 16.6. The molecule has 1 fully saturated rings. The lowest BCUT2D eigenvalue weighted by Gasteiger charge is -2.20. The fraction of sp³-hybridized carbons (Fsp3) is 0.350. The average molecular weight is 421 g/mol. The number of carbonyl (C=O) groups is 1. The highest BCUT2D eigenvalue weighted by Crippen LogP contribution is 2.25. The maximum absolute atomic E-state index is 12.2. The molecule has 0 unspecified atom stereocenters. The molecule has 4 heterocycles. The van der Waals surface area contributed by atoms with Gasteiger partial charge in [0.15, 0.2) is 5.82 Å². The van der Waals surface area contributed by atoms with E-state index in [-0.39, 0.29) is 24.6 Å². The number of hydrogen-bond acceptors (Lipinski definition) is 9. The zero-order valence-corrected chi connectivity index (χ0v) is 17.8. The van der Waals surface area contributed by atoms with E-state index in [0.29, 0.717) is 17.6 Å². The molecule has 4 rings (SSSR count). The van der Waals surface area contributed by atoms with E-state index in [0.717, 1.165) is 17.0 Å². The first-order valence-corrected chi connectivity index (χ1v) is 9.75. The Labute approximate surface area is 179 Å². The molecule has 0 bridgehead atoms. The van der Waals surface area contributed by atoms with Crippen LogP contribution < -0.4 is 10.2 Å². The summed E-state index contributed by atoms with van der Waals surface area (Å²) < 4.78 is 6.95. The molecule has 31 heavy (non-hydrogen) atoms. The minimum Gasteiger partial charge on any atom is -0.447 e. The molecule has 0 spiro atoms. The number of imidazole rings is 1. The Morgan fingerprint density at radius 1 is 1.23 bits per heavy atom. The second kappa shape index (κ2) is 8.09. The van der Waals surface area contributed by atoms with E-state index in [1.807, 2.05) is 27.0 Å². The van der Waals surface area contributed by atoms with Gasteiger partial charge in [-0.2, -0.15) is 15.0 Å². The molecule has 160 valence electrons. The molecule has 1 amide bonds. The van der Waals surface area contributed by atoms with E-state index >= 15 is 0 Å². The van der Waals surface area contributed by atoms with Crippen molar-refractivity contribution in [1.82, 2.24) is 34.5 Å². The number of amides is 1. The van der Waals surface area contributed by atoms with Crippen molar-refractivity contribution in [2.75, 3.05) is 16.8 Å². The number of aryl methyl sites for hydroxylation is 2. The molecule has 11 heteroatoms. The van der Waals surface area contributed by atoms with Gasteiger partial charge < -0.3 is 10.1 Å². The fourth-order valence-corrected chi connectivity index (χ4v) is 3.12. The standard InChI is InChI=1S/C20H23N9O2/c1-11(2)16-9-31-20(30)29(16)19-26-14(5)25-18(27-19)24-13(4)15-8-28(10-23-15)17-7-21-12(3)6-22-17/h6-8,10,13,16H,1,9H2,2-5H3,(H,24,25,26,27)/t13-,16+/m0/s1. The van der Waals surface area contributed by atoms with Gasteiger partial charge in [0.25, 0.3) is 0 Å². The molecule has 2 atom stereocenters. The van der Waals surface area contributed by atoms with Gasteiger partial charge in [0, 0.05) is 6.20 Å². The van der Waals surface area contributed by atoms with Gasteiger partial charge in [-0.15, -0.1) is 0 Å². The van der Waals surface area contributed by atoms with Gasteiger partial charge in [-0.25, -0.2) is 19.7 Å². The summed E-state index contributed by atoms with van der Waals surface area (Å²) in [6.07, 6.45) is 6.42. The molecule has 1 aliphatic rings. The van der Waals surface area contributed by atoms with Gasteiger partial charge in [-0.3, -0.25) is 9.55 Å². The van der Waals surface area contributed by atoms with Gasteiger partial charge in [0.05, 0.1) is 35.9 Å². The molecule has 0 radical (unpaired) electrons. The molecular weight excluding hydrogens is 398 g/mol. The van der Waals surface area contributed by atoms with Crippen LogP contribution in [0.2, 0.25) is 0 Å². The summed E-state index contributed by atoms with van der Waals surface area (Å²) in [7, 11) is 0. The van der Waals surface area contributed by atoms with Crippen LogP contribution in [0, 0.1) is 13.8 Å². The van der Waals surface area contributed by atoms with E-state index in [1.54, 1.807) is 30.2 Å². The Hall–Kier alpha value is -3.89. The molecule has 0 aromatic carbocycles. The van der Waals surface area contributed by atoms with Crippen LogP contribution in [0.25, 0.3) is 5.82 Å². The molecule has 3 aromatic rings. The van der Waals surface area contributed by atoms with E-state index < -0.39 is 6.09 Å². The first-order valence-electron chi connectivity index (χ1n) is 9.75. The second-order valence-corrected chi connectivity index (χ2v) is 7.40. The van der Waals surface area contributed by atoms with Gasteiger partial charge in [-0.05, 0) is 27.7 Å². The van der Waals surface area contributed by atoms with Crippen molar-refractivity contribution in [3.8, 4) is 5.82 Å². The fourth-order valence-electron chi connectivity index (χ4n) is 3.12. The summed E-state index contributed by atoms with van der Waals surface area (Å²) in [5.74, 6) is 1.70. The van der Waals surface area contributed by atoms with Gasteiger partial charge in [0.2, 0.25) is 11.9 Å². The van der Waals surface area contributed by atoms with Crippen LogP contribution in [0.1, 0.15) is 37.1 Å². The third-order valence-corrected chi connectivity index (χ3v) is 4.82. The van der Waals surface area contributed by atoms with Crippen molar-refractivity contribution >= 4 is 18.0 Å². The highest BCUT2D eigenvalue weighted by molar-refractivity contribution is 5.89. The lowest BCUT2D eigenvalue weighted by Crippen LogP contribution is -2.36. The van der Waals surface area contributed by atoms with Crippen LogP contribution in [-0.4, -0.2) is 53.2 Å². The van der Waals surface area contributed by atoms with Crippen molar-refractivity contribution in [3.63, 3.8) is 0 Å². The quantitative estimate of drug-likeness (QED) is 0.598. The van der Waals surface area contributed by atoms with Crippen molar-refractivity contribution in [2.45, 2.75) is 39.8 Å². The maximum atomic E-state index is 12.2. The van der Waals surface area contributed by atoms with E-state index in [4.69, 9.17) is 4.74 Å². The van der Waals surface area contributed by atoms with Crippen LogP contribution in [0.4, 0.5) is 16.7 Å². The zero-order chi connectivity index (χ0) is 22.1. The van der Waals surface area contributed by atoms with Crippen molar-refractivity contribution < 1.29 is 9.53 Å². The summed E-state index contributed by atoms with van der Waals surface area (Å²) >= 11 is 0. The van der Waals surface area contributed by atoms with Crippen LogP contribution in [0.5, 0.6) is 0 Å².